The fourth-order valence-corrected chi connectivity index (χ4v) is 2.89. The summed E-state index contributed by atoms with van der Waals surface area (Å²) >= 11 is 0. The van der Waals surface area contributed by atoms with Crippen LogP contribution in [-0.4, -0.2) is 35.6 Å². The molecule has 1 aromatic rings. The highest BCUT2D eigenvalue weighted by Gasteiger charge is 2.27. The van der Waals surface area contributed by atoms with Gasteiger partial charge in [-0.1, -0.05) is 0 Å². The van der Waals surface area contributed by atoms with E-state index in [1.165, 1.54) is 12.8 Å². The molecular weight excluding hydrogens is 266 g/mol. The Kier molecular flexibility index (Phi) is 4.36. The van der Waals surface area contributed by atoms with Gasteiger partial charge in [0.05, 0.1) is 12.5 Å². The summed E-state index contributed by atoms with van der Waals surface area (Å²) in [5, 5.41) is 0. The summed E-state index contributed by atoms with van der Waals surface area (Å²) in [5.41, 5.74) is 1.15. The lowest BCUT2D eigenvalue weighted by Gasteiger charge is -2.31. The standard InChI is InChI=1S/C16H23N3O2/c1-2-21-16(20)13-5-7-19(8-6-13)15-10-14(17-11-18-15)9-12-3-4-12/h10-13H,2-9H2,1H3. The summed E-state index contributed by atoms with van der Waals surface area (Å²) < 4.78 is 5.11. The second kappa shape index (κ2) is 6.41. The van der Waals surface area contributed by atoms with Crippen LogP contribution in [0.1, 0.15) is 38.3 Å². The van der Waals surface area contributed by atoms with E-state index in [0.29, 0.717) is 6.61 Å². The molecule has 5 nitrogen and oxygen atoms in total. The third-order valence-corrected chi connectivity index (χ3v) is 4.34. The van der Waals surface area contributed by atoms with Crippen molar-refractivity contribution in [2.24, 2.45) is 11.8 Å². The Morgan fingerprint density at radius 1 is 1.29 bits per heavy atom. The minimum atomic E-state index is -0.0470. The minimum Gasteiger partial charge on any atom is -0.466 e. The molecule has 1 aliphatic carbocycles. The molecule has 1 saturated carbocycles. The molecule has 0 radical (unpaired) electrons. The zero-order valence-corrected chi connectivity index (χ0v) is 12.6. The number of aromatic nitrogens is 2. The van der Waals surface area contributed by atoms with Crippen LogP contribution in [0, 0.1) is 11.8 Å². The van der Waals surface area contributed by atoms with Gasteiger partial charge >= 0.3 is 5.97 Å². The number of carbonyl (C=O) groups excluding carboxylic acids is 1. The van der Waals surface area contributed by atoms with E-state index in [0.717, 1.165) is 49.8 Å². The van der Waals surface area contributed by atoms with E-state index < -0.39 is 0 Å². The van der Waals surface area contributed by atoms with Gasteiger partial charge in [-0.25, -0.2) is 9.97 Å². The average molecular weight is 289 g/mol. The second-order valence-corrected chi connectivity index (χ2v) is 6.03. The Morgan fingerprint density at radius 3 is 2.71 bits per heavy atom. The Morgan fingerprint density at radius 2 is 2.05 bits per heavy atom. The summed E-state index contributed by atoms with van der Waals surface area (Å²) in [6.45, 7) is 4.05. The third kappa shape index (κ3) is 3.71. The van der Waals surface area contributed by atoms with Gasteiger partial charge in [-0.15, -0.1) is 0 Å². The smallest absolute Gasteiger partial charge is 0.309 e. The topological polar surface area (TPSA) is 55.3 Å². The van der Waals surface area contributed by atoms with Crippen LogP contribution in [0.3, 0.4) is 0 Å². The lowest BCUT2D eigenvalue weighted by Crippen LogP contribution is -2.37. The number of hydrogen-bond donors (Lipinski definition) is 0. The first kappa shape index (κ1) is 14.3. The van der Waals surface area contributed by atoms with Crippen molar-refractivity contribution in [2.75, 3.05) is 24.6 Å². The molecule has 0 unspecified atom stereocenters. The van der Waals surface area contributed by atoms with Crippen LogP contribution in [0.2, 0.25) is 0 Å². The van der Waals surface area contributed by atoms with E-state index in [-0.39, 0.29) is 11.9 Å². The predicted molar refractivity (Wildman–Crippen MR) is 80.0 cm³/mol. The molecule has 2 heterocycles. The molecule has 2 aliphatic rings. The van der Waals surface area contributed by atoms with Gasteiger partial charge in [0.25, 0.3) is 0 Å². The third-order valence-electron chi connectivity index (χ3n) is 4.34. The molecule has 0 amide bonds. The zero-order valence-electron chi connectivity index (χ0n) is 12.6. The molecule has 3 rings (SSSR count). The summed E-state index contributed by atoms with van der Waals surface area (Å²) in [6, 6.07) is 2.11. The maximum atomic E-state index is 11.8. The molecule has 5 heteroatoms. The summed E-state index contributed by atoms with van der Waals surface area (Å²) in [4.78, 5) is 22.8. The summed E-state index contributed by atoms with van der Waals surface area (Å²) in [7, 11) is 0. The highest BCUT2D eigenvalue weighted by atomic mass is 16.5. The molecule has 1 saturated heterocycles. The van der Waals surface area contributed by atoms with Gasteiger partial charge in [-0.3, -0.25) is 4.79 Å². The predicted octanol–water partition coefficient (Wildman–Crippen LogP) is 2.21. The van der Waals surface area contributed by atoms with Crippen LogP contribution < -0.4 is 4.90 Å². The van der Waals surface area contributed by atoms with Gasteiger partial charge in [0.1, 0.15) is 12.1 Å². The molecule has 1 aromatic heterocycles. The summed E-state index contributed by atoms with van der Waals surface area (Å²) in [5.74, 6) is 1.84. The van der Waals surface area contributed by atoms with Crippen molar-refractivity contribution in [2.45, 2.75) is 39.0 Å². The average Bonchev–Trinajstić information content (AvgIpc) is 3.32. The van der Waals surface area contributed by atoms with Crippen LogP contribution in [0.5, 0.6) is 0 Å². The molecule has 21 heavy (non-hydrogen) atoms. The number of ether oxygens (including phenoxy) is 1. The molecule has 0 atom stereocenters. The molecule has 0 aromatic carbocycles. The molecule has 0 bridgehead atoms. The van der Waals surface area contributed by atoms with Crippen LogP contribution in [0.25, 0.3) is 0 Å². The fraction of sp³-hybridized carbons (Fsp3) is 0.688. The fourth-order valence-electron chi connectivity index (χ4n) is 2.89. The lowest BCUT2D eigenvalue weighted by molar-refractivity contribution is -0.148. The molecule has 2 fully saturated rings. The van der Waals surface area contributed by atoms with Gasteiger partial charge in [0.15, 0.2) is 0 Å². The Bertz CT molecular complexity index is 494. The molecular formula is C16H23N3O2. The Hall–Kier alpha value is -1.65. The first-order valence-corrected chi connectivity index (χ1v) is 7.98. The van der Waals surface area contributed by atoms with Gasteiger partial charge in [0.2, 0.25) is 0 Å². The number of esters is 1. The zero-order chi connectivity index (χ0) is 14.7. The number of rotatable bonds is 5. The van der Waals surface area contributed by atoms with E-state index in [4.69, 9.17) is 4.74 Å². The molecule has 114 valence electrons. The van der Waals surface area contributed by atoms with Crippen molar-refractivity contribution >= 4 is 11.8 Å². The van der Waals surface area contributed by atoms with Crippen LogP contribution >= 0.6 is 0 Å². The highest BCUT2D eigenvalue weighted by Crippen LogP contribution is 2.32. The number of piperidine rings is 1. The molecule has 0 N–H and O–H groups in total. The lowest BCUT2D eigenvalue weighted by atomic mass is 9.97. The van der Waals surface area contributed by atoms with E-state index in [9.17, 15) is 4.79 Å². The molecule has 1 aliphatic heterocycles. The van der Waals surface area contributed by atoms with E-state index in [1.54, 1.807) is 6.33 Å². The van der Waals surface area contributed by atoms with Gasteiger partial charge in [0, 0.05) is 24.8 Å². The van der Waals surface area contributed by atoms with Crippen molar-refractivity contribution in [1.29, 1.82) is 0 Å². The quantitative estimate of drug-likeness (QED) is 0.778. The van der Waals surface area contributed by atoms with Crippen molar-refractivity contribution in [3.63, 3.8) is 0 Å². The van der Waals surface area contributed by atoms with E-state index >= 15 is 0 Å². The van der Waals surface area contributed by atoms with Crippen LogP contribution in [0.4, 0.5) is 5.82 Å². The monoisotopic (exact) mass is 289 g/mol. The van der Waals surface area contributed by atoms with Gasteiger partial charge in [-0.05, 0) is 44.9 Å². The second-order valence-electron chi connectivity index (χ2n) is 6.03. The highest BCUT2D eigenvalue weighted by molar-refractivity contribution is 5.72. The number of carbonyl (C=O) groups is 1. The Labute approximate surface area is 125 Å². The maximum Gasteiger partial charge on any atom is 0.309 e. The normalized spacial score (nSPS) is 19.6. The first-order chi connectivity index (χ1) is 10.3. The first-order valence-electron chi connectivity index (χ1n) is 7.98. The number of nitrogens with zero attached hydrogens (tertiary/aromatic N) is 3. The van der Waals surface area contributed by atoms with E-state index in [2.05, 4.69) is 20.9 Å². The van der Waals surface area contributed by atoms with E-state index in [1.807, 2.05) is 6.92 Å². The van der Waals surface area contributed by atoms with Crippen molar-refractivity contribution in [1.82, 2.24) is 9.97 Å². The number of anilines is 1. The van der Waals surface area contributed by atoms with Crippen molar-refractivity contribution in [3.8, 4) is 0 Å². The van der Waals surface area contributed by atoms with Crippen LogP contribution in [0.15, 0.2) is 12.4 Å². The van der Waals surface area contributed by atoms with Crippen molar-refractivity contribution < 1.29 is 9.53 Å². The SMILES string of the molecule is CCOC(=O)C1CCN(c2cc(CC3CC3)ncn2)CC1. The van der Waals surface area contributed by atoms with Crippen LogP contribution in [-0.2, 0) is 16.0 Å². The maximum absolute atomic E-state index is 11.8. The summed E-state index contributed by atoms with van der Waals surface area (Å²) in [6.07, 6.45) is 7.12. The van der Waals surface area contributed by atoms with Gasteiger partial charge in [-0.2, -0.15) is 0 Å². The number of hydrogen-bond acceptors (Lipinski definition) is 5. The largest absolute Gasteiger partial charge is 0.466 e. The van der Waals surface area contributed by atoms with Crippen molar-refractivity contribution in [3.05, 3.63) is 18.1 Å². The molecule has 0 spiro atoms. The minimum absolute atomic E-state index is 0.0470. The van der Waals surface area contributed by atoms with Gasteiger partial charge < -0.3 is 9.64 Å². The Balaban J connectivity index is 1.57.